The molecule has 0 saturated carbocycles. The van der Waals surface area contributed by atoms with Gasteiger partial charge >= 0.3 is 11.8 Å². The summed E-state index contributed by atoms with van der Waals surface area (Å²) >= 11 is 1.18. The monoisotopic (exact) mass is 513 g/mol. The number of terminal acetylenes is 1. The summed E-state index contributed by atoms with van der Waals surface area (Å²) in [5.74, 6) is 1.07. The summed E-state index contributed by atoms with van der Waals surface area (Å²) in [6, 6.07) is 6.07. The van der Waals surface area contributed by atoms with Crippen molar-refractivity contribution >= 4 is 48.4 Å². The molecule has 0 amide bonds. The molecular weight excluding hydrogens is 498 g/mol. The fourth-order valence-electron chi connectivity index (χ4n) is 3.86. The van der Waals surface area contributed by atoms with Crippen LogP contribution in [0, 0.1) is 18.3 Å². The third-order valence-corrected chi connectivity index (χ3v) is 6.66. The molecular formula is C24H15F4N5O2S. The van der Waals surface area contributed by atoms with E-state index in [4.69, 9.17) is 16.6 Å². The van der Waals surface area contributed by atoms with Gasteiger partial charge in [0.05, 0.1) is 10.6 Å². The molecule has 1 aromatic carbocycles. The highest BCUT2D eigenvalue weighted by molar-refractivity contribution is 7.23. The minimum atomic E-state index is -4.56. The predicted octanol–water partition coefficient (Wildman–Crippen LogP) is 4.66. The highest BCUT2D eigenvalue weighted by atomic mass is 32.1. The number of nitrogens with zero attached hydrogens (tertiary/aromatic N) is 3. The first-order chi connectivity index (χ1) is 17.2. The molecule has 0 spiro atoms. The Kier molecular flexibility index (Phi) is 5.82. The summed E-state index contributed by atoms with van der Waals surface area (Å²) in [5.41, 5.74) is 5.19. The molecule has 7 nitrogen and oxygen atoms in total. The van der Waals surface area contributed by atoms with Crippen LogP contribution in [0.2, 0.25) is 0 Å². The molecule has 0 fully saturated rings. The quantitative estimate of drug-likeness (QED) is 0.116. The average Bonchev–Trinajstić information content (AvgIpc) is 3.28. The topological polar surface area (TPSA) is 107 Å². The normalized spacial score (nSPS) is 13.7. The number of thiazole rings is 1. The lowest BCUT2D eigenvalue weighted by atomic mass is 9.94. The maximum Gasteiger partial charge on any atom is 0.433 e. The van der Waals surface area contributed by atoms with Crippen LogP contribution in [0.4, 0.5) is 22.7 Å². The lowest BCUT2D eigenvalue weighted by Gasteiger charge is -2.20. The van der Waals surface area contributed by atoms with Crippen LogP contribution in [-0.2, 0) is 6.18 Å². The Balaban J connectivity index is 1.42. The third kappa shape index (κ3) is 4.23. The van der Waals surface area contributed by atoms with Crippen LogP contribution < -0.4 is 16.7 Å². The Labute approximate surface area is 204 Å². The van der Waals surface area contributed by atoms with Crippen LogP contribution in [0.15, 0.2) is 51.9 Å². The summed E-state index contributed by atoms with van der Waals surface area (Å²) < 4.78 is 58.1. The van der Waals surface area contributed by atoms with E-state index in [1.54, 1.807) is 12.1 Å². The van der Waals surface area contributed by atoms with Gasteiger partial charge in [0.25, 0.3) is 0 Å². The van der Waals surface area contributed by atoms with Gasteiger partial charge in [-0.2, -0.15) is 17.6 Å². The number of hydrogen-bond donors (Lipinski definition) is 2. The maximum atomic E-state index is 13.7. The molecule has 5 aromatic rings. The molecule has 182 valence electrons. The van der Waals surface area contributed by atoms with E-state index in [1.165, 1.54) is 29.7 Å². The van der Waals surface area contributed by atoms with E-state index in [0.29, 0.717) is 31.6 Å². The van der Waals surface area contributed by atoms with Gasteiger partial charge in [0.15, 0.2) is 10.6 Å². The van der Waals surface area contributed by atoms with Crippen molar-refractivity contribution in [2.45, 2.75) is 18.1 Å². The smallest absolute Gasteiger partial charge is 0.420 e. The molecule has 4 aromatic heterocycles. The molecule has 0 aliphatic rings. The van der Waals surface area contributed by atoms with E-state index >= 15 is 0 Å². The molecule has 0 aliphatic carbocycles. The van der Waals surface area contributed by atoms with Gasteiger partial charge in [-0.1, -0.05) is 29.4 Å². The number of nitrogens with two attached hydrogens (primary N) is 1. The van der Waals surface area contributed by atoms with E-state index in [-0.39, 0.29) is 17.6 Å². The number of nitrogens with one attached hydrogen (secondary N) is 1. The van der Waals surface area contributed by atoms with Gasteiger partial charge in [0, 0.05) is 47.2 Å². The lowest BCUT2D eigenvalue weighted by molar-refractivity contribution is -0.141. The Morgan fingerprint density at radius 1 is 1.17 bits per heavy atom. The number of pyridine rings is 2. The zero-order valence-electron chi connectivity index (χ0n) is 18.1. The van der Waals surface area contributed by atoms with Crippen LogP contribution >= 0.6 is 11.3 Å². The molecule has 12 heteroatoms. The molecule has 36 heavy (non-hydrogen) atoms. The molecule has 2 atom stereocenters. The van der Waals surface area contributed by atoms with E-state index in [0.717, 1.165) is 12.3 Å². The van der Waals surface area contributed by atoms with Crippen molar-refractivity contribution in [2.75, 3.05) is 11.9 Å². The van der Waals surface area contributed by atoms with Crippen LogP contribution in [0.25, 0.3) is 32.0 Å². The number of halogens is 4. The van der Waals surface area contributed by atoms with Crippen molar-refractivity contribution in [1.29, 1.82) is 0 Å². The number of benzene rings is 1. The fourth-order valence-corrected chi connectivity index (χ4v) is 4.84. The number of alkyl halides is 3. The van der Waals surface area contributed by atoms with E-state index in [2.05, 4.69) is 26.2 Å². The first-order valence-corrected chi connectivity index (χ1v) is 11.3. The molecule has 0 radical (unpaired) electrons. The molecule has 5 rings (SSSR count). The van der Waals surface area contributed by atoms with Crippen molar-refractivity contribution in [3.63, 3.8) is 0 Å². The first kappa shape index (κ1) is 23.7. The Hall–Kier alpha value is -4.08. The molecule has 0 bridgehead atoms. The number of rotatable bonds is 5. The molecule has 2 unspecified atom stereocenters. The number of anilines is 1. The molecule has 0 aliphatic heterocycles. The zero-order chi connectivity index (χ0) is 25.6. The Bertz CT molecular complexity index is 1710. The van der Waals surface area contributed by atoms with Gasteiger partial charge in [-0.3, -0.25) is 4.98 Å². The van der Waals surface area contributed by atoms with Gasteiger partial charge in [-0.25, -0.2) is 14.8 Å². The SMILES string of the molecule is C#CC(c1ccc(C(F)(F)F)nc1)C(N)CNc1nc2c(=O)oc3c4cc(F)ncc4ccc3c2s1. The van der Waals surface area contributed by atoms with Crippen LogP contribution in [0.1, 0.15) is 17.2 Å². The Morgan fingerprint density at radius 2 is 1.97 bits per heavy atom. The second kappa shape index (κ2) is 8.85. The van der Waals surface area contributed by atoms with Crippen LogP contribution in [0.5, 0.6) is 0 Å². The van der Waals surface area contributed by atoms with Gasteiger partial charge in [-0.15, -0.1) is 6.42 Å². The van der Waals surface area contributed by atoms with E-state index < -0.39 is 35.4 Å². The van der Waals surface area contributed by atoms with Crippen LogP contribution in [-0.4, -0.2) is 27.5 Å². The maximum absolute atomic E-state index is 13.7. The highest BCUT2D eigenvalue weighted by Crippen LogP contribution is 2.34. The molecule has 4 heterocycles. The predicted molar refractivity (Wildman–Crippen MR) is 128 cm³/mol. The van der Waals surface area contributed by atoms with E-state index in [9.17, 15) is 22.4 Å². The minimum absolute atomic E-state index is 0.0953. The van der Waals surface area contributed by atoms with Crippen molar-refractivity contribution < 1.29 is 22.0 Å². The number of aromatic nitrogens is 3. The molecule has 0 saturated heterocycles. The summed E-state index contributed by atoms with van der Waals surface area (Å²) in [6.45, 7) is 0.110. The fraction of sp³-hybridized carbons (Fsp3) is 0.167. The summed E-state index contributed by atoms with van der Waals surface area (Å²) in [7, 11) is 0. The number of hydrogen-bond acceptors (Lipinski definition) is 8. The van der Waals surface area contributed by atoms with Crippen molar-refractivity contribution in [2.24, 2.45) is 5.73 Å². The summed E-state index contributed by atoms with van der Waals surface area (Å²) in [5, 5.41) is 4.99. The lowest BCUT2D eigenvalue weighted by Crippen LogP contribution is -2.35. The van der Waals surface area contributed by atoms with Crippen molar-refractivity contribution in [1.82, 2.24) is 15.0 Å². The van der Waals surface area contributed by atoms with Crippen molar-refractivity contribution in [3.05, 3.63) is 70.4 Å². The standard InChI is InChI=1S/C24H15F4N5O2S/c1-2-13(11-4-6-17(30-8-11)24(26,27)28)16(29)10-32-23-33-19-21(36-23)14-5-3-12-9-31-18(25)7-15(12)20(14)35-22(19)34/h1,3-9,13,16H,10,29H2,(H,32,33). The largest absolute Gasteiger partial charge is 0.433 e. The third-order valence-electron chi connectivity index (χ3n) is 5.61. The highest BCUT2D eigenvalue weighted by Gasteiger charge is 2.32. The second-order valence-electron chi connectivity index (χ2n) is 7.92. The van der Waals surface area contributed by atoms with Gasteiger partial charge in [0.2, 0.25) is 5.95 Å². The van der Waals surface area contributed by atoms with Gasteiger partial charge in [-0.05, 0) is 17.7 Å². The van der Waals surface area contributed by atoms with Crippen LogP contribution in [0.3, 0.4) is 0 Å². The van der Waals surface area contributed by atoms with Crippen molar-refractivity contribution in [3.8, 4) is 12.3 Å². The van der Waals surface area contributed by atoms with Gasteiger partial charge in [0.1, 0.15) is 11.3 Å². The summed E-state index contributed by atoms with van der Waals surface area (Å²) in [4.78, 5) is 24.0. The number of fused-ring (bicyclic) bond motifs is 5. The summed E-state index contributed by atoms with van der Waals surface area (Å²) in [6.07, 6.45) is 3.44. The Morgan fingerprint density at radius 3 is 2.67 bits per heavy atom. The first-order valence-electron chi connectivity index (χ1n) is 10.5. The minimum Gasteiger partial charge on any atom is -0.420 e. The second-order valence-corrected chi connectivity index (χ2v) is 8.92. The van der Waals surface area contributed by atoms with Gasteiger partial charge < -0.3 is 15.5 Å². The average molecular weight is 513 g/mol. The zero-order valence-corrected chi connectivity index (χ0v) is 19.0. The molecule has 3 N–H and O–H groups in total. The van der Waals surface area contributed by atoms with E-state index in [1.807, 2.05) is 0 Å².